The van der Waals surface area contributed by atoms with Crippen LogP contribution in [0.15, 0.2) is 36.4 Å². The fourth-order valence-electron chi connectivity index (χ4n) is 3.42. The number of esters is 1. The number of aldehydes is 1. The summed E-state index contributed by atoms with van der Waals surface area (Å²) < 4.78 is 10.9. The van der Waals surface area contributed by atoms with Crippen LogP contribution >= 0.6 is 11.8 Å². The molecule has 2 unspecified atom stereocenters. The summed E-state index contributed by atoms with van der Waals surface area (Å²) in [5.41, 5.74) is 0.754. The summed E-state index contributed by atoms with van der Waals surface area (Å²) in [4.78, 5) is 45.8. The van der Waals surface area contributed by atoms with Crippen molar-refractivity contribution in [3.8, 4) is 17.6 Å². The van der Waals surface area contributed by atoms with Crippen LogP contribution < -0.4 is 10.1 Å². The normalized spacial score (nSPS) is 16.0. The molecule has 172 valence electrons. The predicted octanol–water partition coefficient (Wildman–Crippen LogP) is 3.86. The van der Waals surface area contributed by atoms with Gasteiger partial charge in [0.15, 0.2) is 5.25 Å². The van der Waals surface area contributed by atoms with E-state index in [1.807, 2.05) is 36.4 Å². The number of ether oxygens (including phenoxy) is 2. The Bertz CT molecular complexity index is 1100. The molecule has 1 N–H and O–H groups in total. The van der Waals surface area contributed by atoms with Crippen LogP contribution in [0.5, 0.6) is 5.75 Å². The lowest BCUT2D eigenvalue weighted by Gasteiger charge is -2.11. The maximum absolute atomic E-state index is 11.7. The molecular weight excluding hydrogens is 442 g/mol. The second kappa shape index (κ2) is 12.1. The molecule has 0 radical (unpaired) electrons. The van der Waals surface area contributed by atoms with E-state index in [1.54, 1.807) is 6.92 Å². The van der Waals surface area contributed by atoms with Crippen molar-refractivity contribution < 1.29 is 28.7 Å². The van der Waals surface area contributed by atoms with E-state index in [2.05, 4.69) is 17.2 Å². The SMILES string of the molecule is CCOC(=O)C(C=O)CCCCCOc1ccc(C#CC2SC(=O)NC2=O)c2ccccc12. The minimum Gasteiger partial charge on any atom is -0.493 e. The van der Waals surface area contributed by atoms with Crippen molar-refractivity contribution in [2.45, 2.75) is 37.9 Å². The predicted molar refractivity (Wildman–Crippen MR) is 126 cm³/mol. The third-order valence-corrected chi connectivity index (χ3v) is 5.96. The summed E-state index contributed by atoms with van der Waals surface area (Å²) in [6.45, 7) is 2.49. The van der Waals surface area contributed by atoms with E-state index in [1.165, 1.54) is 0 Å². The number of hydrogen-bond acceptors (Lipinski definition) is 7. The van der Waals surface area contributed by atoms with Gasteiger partial charge < -0.3 is 14.3 Å². The monoisotopic (exact) mass is 467 g/mol. The lowest BCUT2D eigenvalue weighted by atomic mass is 10.0. The molecule has 0 aliphatic carbocycles. The van der Waals surface area contributed by atoms with E-state index < -0.39 is 17.1 Å². The van der Waals surface area contributed by atoms with Crippen molar-refractivity contribution in [3.63, 3.8) is 0 Å². The summed E-state index contributed by atoms with van der Waals surface area (Å²) >= 11 is 0.883. The summed E-state index contributed by atoms with van der Waals surface area (Å²) in [7, 11) is 0. The number of imide groups is 1. The Balaban J connectivity index is 1.56. The molecule has 1 fully saturated rings. The Labute approximate surface area is 196 Å². The van der Waals surface area contributed by atoms with Crippen LogP contribution in [0.25, 0.3) is 10.8 Å². The fourth-order valence-corrected chi connectivity index (χ4v) is 4.07. The van der Waals surface area contributed by atoms with Crippen molar-refractivity contribution in [1.82, 2.24) is 5.32 Å². The number of carbonyl (C=O) groups excluding carboxylic acids is 4. The first-order valence-electron chi connectivity index (χ1n) is 10.8. The molecular formula is C25H25NO6S. The Hall–Kier alpha value is -3.31. The van der Waals surface area contributed by atoms with Crippen molar-refractivity contribution in [1.29, 1.82) is 0 Å². The lowest BCUT2D eigenvalue weighted by Crippen LogP contribution is -2.23. The van der Waals surface area contributed by atoms with E-state index in [9.17, 15) is 19.2 Å². The van der Waals surface area contributed by atoms with Gasteiger partial charge in [0.1, 0.15) is 18.0 Å². The average Bonchev–Trinajstić information content (AvgIpc) is 3.14. The Morgan fingerprint density at radius 2 is 1.94 bits per heavy atom. The van der Waals surface area contributed by atoms with E-state index in [0.717, 1.165) is 53.1 Å². The number of unbranched alkanes of at least 4 members (excludes halogenated alkanes) is 2. The van der Waals surface area contributed by atoms with Crippen molar-refractivity contribution in [2.24, 2.45) is 5.92 Å². The molecule has 2 aromatic carbocycles. The Morgan fingerprint density at radius 3 is 2.64 bits per heavy atom. The number of hydrogen-bond donors (Lipinski definition) is 1. The number of carbonyl (C=O) groups is 4. The smallest absolute Gasteiger partial charge is 0.316 e. The summed E-state index contributed by atoms with van der Waals surface area (Å²) in [5.74, 6) is 5.07. The van der Waals surface area contributed by atoms with Gasteiger partial charge in [0.05, 0.1) is 13.2 Å². The minimum absolute atomic E-state index is 0.268. The van der Waals surface area contributed by atoms with Crippen LogP contribution in [0.2, 0.25) is 0 Å². The molecule has 0 bridgehead atoms. The molecule has 1 saturated heterocycles. The highest BCUT2D eigenvalue weighted by atomic mass is 32.2. The van der Waals surface area contributed by atoms with Gasteiger partial charge in [-0.3, -0.25) is 19.7 Å². The zero-order valence-corrected chi connectivity index (χ0v) is 19.1. The van der Waals surface area contributed by atoms with E-state index in [0.29, 0.717) is 19.3 Å². The molecule has 0 saturated carbocycles. The van der Waals surface area contributed by atoms with Crippen LogP contribution in [0.1, 0.15) is 38.2 Å². The first-order chi connectivity index (χ1) is 16.0. The highest BCUT2D eigenvalue weighted by Crippen LogP contribution is 2.29. The number of amides is 2. The zero-order chi connectivity index (χ0) is 23.6. The number of nitrogens with one attached hydrogen (secondary N) is 1. The van der Waals surface area contributed by atoms with Crippen LogP contribution in [-0.4, -0.2) is 41.9 Å². The number of rotatable bonds is 10. The highest BCUT2D eigenvalue weighted by molar-refractivity contribution is 8.15. The number of thioether (sulfide) groups is 1. The van der Waals surface area contributed by atoms with E-state index in [4.69, 9.17) is 9.47 Å². The van der Waals surface area contributed by atoms with Crippen LogP contribution in [-0.2, 0) is 19.1 Å². The molecule has 1 aliphatic heterocycles. The summed E-state index contributed by atoms with van der Waals surface area (Å²) in [6.07, 6.45) is 3.47. The van der Waals surface area contributed by atoms with Crippen LogP contribution in [0, 0.1) is 17.8 Å². The van der Waals surface area contributed by atoms with Crippen molar-refractivity contribution >= 4 is 45.9 Å². The molecule has 2 atom stereocenters. The molecule has 7 nitrogen and oxygen atoms in total. The maximum Gasteiger partial charge on any atom is 0.316 e. The minimum atomic E-state index is -0.699. The molecule has 3 rings (SSSR count). The van der Waals surface area contributed by atoms with Gasteiger partial charge in [-0.05, 0) is 43.7 Å². The van der Waals surface area contributed by atoms with Crippen molar-refractivity contribution in [2.75, 3.05) is 13.2 Å². The van der Waals surface area contributed by atoms with Gasteiger partial charge in [-0.1, -0.05) is 48.9 Å². The summed E-state index contributed by atoms with van der Waals surface area (Å²) in [6, 6.07) is 11.4. The molecule has 0 aromatic heterocycles. The molecule has 1 heterocycles. The lowest BCUT2D eigenvalue weighted by molar-refractivity contribution is -0.149. The topological polar surface area (TPSA) is 98.8 Å². The first-order valence-corrected chi connectivity index (χ1v) is 11.7. The van der Waals surface area contributed by atoms with Crippen molar-refractivity contribution in [3.05, 3.63) is 42.0 Å². The molecule has 2 aromatic rings. The van der Waals surface area contributed by atoms with Gasteiger partial charge in [0.25, 0.3) is 11.1 Å². The second-order valence-corrected chi connectivity index (χ2v) is 8.47. The van der Waals surface area contributed by atoms with Crippen LogP contribution in [0.4, 0.5) is 4.79 Å². The third-order valence-electron chi connectivity index (χ3n) is 5.08. The highest BCUT2D eigenvalue weighted by Gasteiger charge is 2.29. The summed E-state index contributed by atoms with van der Waals surface area (Å²) in [5, 5.41) is 2.96. The van der Waals surface area contributed by atoms with E-state index in [-0.39, 0.29) is 17.8 Å². The third kappa shape index (κ3) is 6.59. The van der Waals surface area contributed by atoms with E-state index >= 15 is 0 Å². The zero-order valence-electron chi connectivity index (χ0n) is 18.3. The first kappa shape index (κ1) is 24.3. The van der Waals surface area contributed by atoms with Gasteiger partial charge in [-0.2, -0.15) is 0 Å². The second-order valence-electron chi connectivity index (χ2n) is 7.39. The fraction of sp³-hybridized carbons (Fsp3) is 0.360. The molecule has 1 aliphatic rings. The van der Waals surface area contributed by atoms with Gasteiger partial charge in [-0.15, -0.1) is 0 Å². The average molecular weight is 468 g/mol. The van der Waals surface area contributed by atoms with Gasteiger partial charge in [0.2, 0.25) is 0 Å². The van der Waals surface area contributed by atoms with Gasteiger partial charge >= 0.3 is 5.97 Å². The standard InChI is InChI=1S/C25H25NO6S/c1-2-31-24(29)18(16-27)8-4-3-7-15-32-21-13-11-17(19-9-5-6-10-20(19)21)12-14-22-23(28)26-25(30)33-22/h5-6,9-11,13,16,18,22H,2-4,7-8,15H2,1H3,(H,26,28,30). The maximum atomic E-state index is 11.7. The number of fused-ring (bicyclic) bond motifs is 1. The quantitative estimate of drug-likeness (QED) is 0.186. The Kier molecular flexibility index (Phi) is 8.90. The Morgan fingerprint density at radius 1 is 1.15 bits per heavy atom. The molecule has 2 amide bonds. The van der Waals surface area contributed by atoms with Gasteiger partial charge in [0, 0.05) is 16.3 Å². The van der Waals surface area contributed by atoms with Crippen LogP contribution in [0.3, 0.4) is 0 Å². The number of benzene rings is 2. The molecule has 0 spiro atoms. The molecule has 33 heavy (non-hydrogen) atoms. The largest absolute Gasteiger partial charge is 0.493 e. The van der Waals surface area contributed by atoms with Gasteiger partial charge in [-0.25, -0.2) is 0 Å². The molecule has 8 heteroatoms.